The minimum absolute atomic E-state index is 0.0699. The Morgan fingerprint density at radius 1 is 1.10 bits per heavy atom. The fourth-order valence-electron chi connectivity index (χ4n) is 3.55. The van der Waals surface area contributed by atoms with E-state index in [-0.39, 0.29) is 17.7 Å². The second-order valence-corrected chi connectivity index (χ2v) is 6.94. The molecule has 152 valence electrons. The number of fused-ring (bicyclic) bond motifs is 2. The Morgan fingerprint density at radius 3 is 2.50 bits per heavy atom. The molecule has 2 aromatic carbocycles. The van der Waals surface area contributed by atoms with Crippen LogP contribution in [0.1, 0.15) is 16.1 Å². The van der Waals surface area contributed by atoms with E-state index in [1.54, 1.807) is 24.3 Å². The van der Waals surface area contributed by atoms with Gasteiger partial charge in [-0.1, -0.05) is 36.4 Å². The van der Waals surface area contributed by atoms with Gasteiger partial charge in [0.2, 0.25) is 0 Å². The van der Waals surface area contributed by atoms with E-state index in [0.717, 1.165) is 21.1 Å². The molecule has 0 aliphatic heterocycles. The van der Waals surface area contributed by atoms with E-state index < -0.39 is 17.9 Å². The zero-order valence-electron chi connectivity index (χ0n) is 16.5. The smallest absolute Gasteiger partial charge is 0.328 e. The maximum atomic E-state index is 13.0. The third-order valence-electron chi connectivity index (χ3n) is 5.06. The number of nitrogens with zero attached hydrogens (tertiary/aromatic N) is 2. The molecule has 0 spiro atoms. The Morgan fingerprint density at radius 2 is 1.77 bits per heavy atom. The van der Waals surface area contributed by atoms with E-state index in [0.29, 0.717) is 10.8 Å². The lowest BCUT2D eigenvalue weighted by Gasteiger charge is -2.17. The van der Waals surface area contributed by atoms with Crippen molar-refractivity contribution in [1.29, 1.82) is 0 Å². The summed E-state index contributed by atoms with van der Waals surface area (Å²) in [7, 11) is 2.76. The summed E-state index contributed by atoms with van der Waals surface area (Å²) in [5, 5.41) is 8.61. The zero-order valence-corrected chi connectivity index (χ0v) is 16.5. The molecule has 1 amide bonds. The van der Waals surface area contributed by atoms with Crippen LogP contribution in [0.5, 0.6) is 0 Å². The number of aromatic amines is 1. The van der Waals surface area contributed by atoms with E-state index in [9.17, 15) is 14.4 Å². The van der Waals surface area contributed by atoms with Crippen LogP contribution in [0.3, 0.4) is 0 Å². The highest BCUT2D eigenvalue weighted by atomic mass is 16.5. The molecule has 8 heteroatoms. The Labute approximate surface area is 171 Å². The predicted octanol–water partition coefficient (Wildman–Crippen LogP) is 1.93. The summed E-state index contributed by atoms with van der Waals surface area (Å²) in [5.41, 5.74) is 1.58. The molecular weight excluding hydrogens is 384 g/mol. The van der Waals surface area contributed by atoms with Gasteiger partial charge < -0.3 is 15.0 Å². The quantitative estimate of drug-likeness (QED) is 0.495. The number of rotatable bonds is 5. The Kier molecular flexibility index (Phi) is 5.05. The summed E-state index contributed by atoms with van der Waals surface area (Å²) < 4.78 is 6.02. The number of carbonyl (C=O) groups excluding carboxylic acids is 2. The van der Waals surface area contributed by atoms with Crippen molar-refractivity contribution in [1.82, 2.24) is 20.1 Å². The topological polar surface area (TPSA) is 106 Å². The number of H-pyrrole nitrogens is 1. The highest BCUT2D eigenvalue weighted by Gasteiger charge is 2.26. The average molecular weight is 404 g/mol. The minimum atomic E-state index is -0.917. The Bertz CT molecular complexity index is 1320. The molecule has 2 heterocycles. The molecule has 0 fully saturated rings. The molecule has 1 atom stereocenters. The third kappa shape index (κ3) is 3.43. The van der Waals surface area contributed by atoms with Gasteiger partial charge in [-0.3, -0.25) is 9.59 Å². The number of esters is 1. The molecule has 2 aromatic heterocycles. The third-order valence-corrected chi connectivity index (χ3v) is 5.06. The van der Waals surface area contributed by atoms with Gasteiger partial charge in [-0.05, 0) is 17.7 Å². The molecule has 8 nitrogen and oxygen atoms in total. The number of hydrogen-bond acceptors (Lipinski definition) is 5. The van der Waals surface area contributed by atoms with E-state index in [4.69, 9.17) is 4.74 Å². The van der Waals surface area contributed by atoms with E-state index in [1.807, 2.05) is 30.5 Å². The van der Waals surface area contributed by atoms with Crippen LogP contribution in [0.2, 0.25) is 0 Å². The van der Waals surface area contributed by atoms with Gasteiger partial charge in [-0.2, -0.15) is 5.10 Å². The first kappa shape index (κ1) is 19.4. The fraction of sp³-hybridized carbons (Fsp3) is 0.182. The van der Waals surface area contributed by atoms with E-state index in [2.05, 4.69) is 15.4 Å². The highest BCUT2D eigenvalue weighted by Crippen LogP contribution is 2.20. The van der Waals surface area contributed by atoms with Crippen molar-refractivity contribution < 1.29 is 14.3 Å². The molecule has 2 N–H and O–H groups in total. The number of methoxy groups -OCH3 is 1. The molecular formula is C22H20N4O4. The van der Waals surface area contributed by atoms with Gasteiger partial charge in [-0.25, -0.2) is 9.48 Å². The van der Waals surface area contributed by atoms with Gasteiger partial charge in [0.15, 0.2) is 5.69 Å². The van der Waals surface area contributed by atoms with Crippen molar-refractivity contribution in [2.45, 2.75) is 12.5 Å². The maximum absolute atomic E-state index is 13.0. The van der Waals surface area contributed by atoms with Crippen molar-refractivity contribution >= 4 is 33.6 Å². The molecule has 0 bridgehead atoms. The van der Waals surface area contributed by atoms with Crippen LogP contribution < -0.4 is 10.9 Å². The van der Waals surface area contributed by atoms with Gasteiger partial charge >= 0.3 is 5.97 Å². The predicted molar refractivity (Wildman–Crippen MR) is 112 cm³/mol. The first-order chi connectivity index (χ1) is 14.5. The average Bonchev–Trinajstić information content (AvgIpc) is 3.18. The molecule has 30 heavy (non-hydrogen) atoms. The maximum Gasteiger partial charge on any atom is 0.328 e. The van der Waals surface area contributed by atoms with Crippen molar-refractivity contribution in [3.8, 4) is 0 Å². The molecule has 0 saturated heterocycles. The molecule has 0 radical (unpaired) electrons. The van der Waals surface area contributed by atoms with Crippen LogP contribution in [-0.4, -0.2) is 39.8 Å². The lowest BCUT2D eigenvalue weighted by atomic mass is 10.0. The number of nitrogens with one attached hydrogen (secondary N) is 2. The zero-order chi connectivity index (χ0) is 21.3. The first-order valence-electron chi connectivity index (χ1n) is 9.39. The lowest BCUT2D eigenvalue weighted by Crippen LogP contribution is -2.43. The van der Waals surface area contributed by atoms with Crippen molar-refractivity contribution in [3.05, 3.63) is 76.3 Å². The highest BCUT2D eigenvalue weighted by molar-refractivity contribution is 6.06. The Hall–Kier alpha value is -3.94. The van der Waals surface area contributed by atoms with Crippen molar-refractivity contribution in [2.75, 3.05) is 7.11 Å². The molecule has 0 saturated carbocycles. The summed E-state index contributed by atoms with van der Waals surface area (Å²) in [6, 6.07) is 13.5. The first-order valence-corrected chi connectivity index (χ1v) is 9.39. The minimum Gasteiger partial charge on any atom is -0.467 e. The second-order valence-electron chi connectivity index (χ2n) is 6.94. The van der Waals surface area contributed by atoms with Crippen LogP contribution in [0.25, 0.3) is 21.7 Å². The number of aryl methyl sites for hydroxylation is 1. The van der Waals surface area contributed by atoms with E-state index >= 15 is 0 Å². The summed E-state index contributed by atoms with van der Waals surface area (Å²) in [6.45, 7) is 0. The fourth-order valence-corrected chi connectivity index (χ4v) is 3.55. The standard InChI is InChI=1S/C22H20N4O4/c1-26-21(28)16-9-4-3-8-15(16)19(25-26)20(27)24-18(22(29)30-2)11-13-12-23-17-10-6-5-7-14(13)17/h3-10,12,18,23H,11H2,1-2H3,(H,24,27). The molecule has 0 aliphatic carbocycles. The molecule has 0 aliphatic rings. The summed E-state index contributed by atoms with van der Waals surface area (Å²) in [6.07, 6.45) is 2.05. The second kappa shape index (κ2) is 7.82. The van der Waals surface area contributed by atoms with Crippen molar-refractivity contribution in [2.24, 2.45) is 7.05 Å². The molecule has 4 rings (SSSR count). The monoisotopic (exact) mass is 404 g/mol. The summed E-state index contributed by atoms with van der Waals surface area (Å²) in [4.78, 5) is 40.9. The molecule has 1 unspecified atom stereocenters. The van der Waals surface area contributed by atoms with Crippen LogP contribution >= 0.6 is 0 Å². The van der Waals surface area contributed by atoms with Crippen LogP contribution in [0.4, 0.5) is 0 Å². The SMILES string of the molecule is COC(=O)C(Cc1c[nH]c2ccccc12)NC(=O)c1nn(C)c(=O)c2ccccc12. The lowest BCUT2D eigenvalue weighted by molar-refractivity contribution is -0.142. The van der Waals surface area contributed by atoms with Crippen molar-refractivity contribution in [3.63, 3.8) is 0 Å². The van der Waals surface area contributed by atoms with Gasteiger partial charge in [0.1, 0.15) is 6.04 Å². The number of ether oxygens (including phenoxy) is 1. The number of carbonyl (C=O) groups is 2. The summed E-state index contributed by atoms with van der Waals surface area (Å²) >= 11 is 0. The molecule has 4 aromatic rings. The van der Waals surface area contributed by atoms with Gasteiger partial charge in [0, 0.05) is 36.0 Å². The number of aromatic nitrogens is 3. The van der Waals surface area contributed by atoms with Crippen LogP contribution in [-0.2, 0) is 23.0 Å². The van der Waals surface area contributed by atoms with Crippen LogP contribution in [0.15, 0.2) is 59.5 Å². The summed E-state index contributed by atoms with van der Waals surface area (Å²) in [5.74, 6) is -1.13. The Balaban J connectivity index is 1.68. The number of amides is 1. The van der Waals surface area contributed by atoms with E-state index in [1.165, 1.54) is 14.2 Å². The number of hydrogen-bond donors (Lipinski definition) is 2. The van der Waals surface area contributed by atoms with Gasteiger partial charge in [0.25, 0.3) is 11.5 Å². The number of benzene rings is 2. The number of para-hydroxylation sites is 1. The van der Waals surface area contributed by atoms with Crippen LogP contribution in [0, 0.1) is 0 Å². The normalized spacial score (nSPS) is 12.1. The largest absolute Gasteiger partial charge is 0.467 e. The van der Waals surface area contributed by atoms with Gasteiger partial charge in [0.05, 0.1) is 12.5 Å². The van der Waals surface area contributed by atoms with Gasteiger partial charge in [-0.15, -0.1) is 0 Å².